The smallest absolute Gasteiger partial charge is 0.0997 e. The Hall–Kier alpha value is -1.18. The lowest BCUT2D eigenvalue weighted by Crippen LogP contribution is -2.07. The van der Waals surface area contributed by atoms with Crippen molar-refractivity contribution in [1.82, 2.24) is 0 Å². The second-order valence-electron chi connectivity index (χ2n) is 4.70. The van der Waals surface area contributed by atoms with E-state index in [1.807, 2.05) is 12.3 Å². The molecule has 1 aliphatic heterocycles. The van der Waals surface area contributed by atoms with Crippen molar-refractivity contribution in [2.45, 2.75) is 26.2 Å². The van der Waals surface area contributed by atoms with Crippen molar-refractivity contribution >= 4 is 6.21 Å². The molecular weight excluding hydrogens is 201 g/mol. The average Bonchev–Trinajstić information content (AvgIpc) is 2.44. The van der Waals surface area contributed by atoms with Crippen LogP contribution in [0.1, 0.15) is 26.2 Å². The van der Waals surface area contributed by atoms with Gasteiger partial charge in [0.1, 0.15) is 0 Å². The van der Waals surface area contributed by atoms with Crippen molar-refractivity contribution in [1.29, 1.82) is 0 Å². The van der Waals surface area contributed by atoms with Crippen LogP contribution in [0.3, 0.4) is 0 Å². The Bertz CT molecular complexity index is 363. The Morgan fingerprint density at radius 2 is 2.38 bits per heavy atom. The van der Waals surface area contributed by atoms with Gasteiger partial charge in [-0.15, -0.1) is 0 Å². The minimum atomic E-state index is -0.00147. The highest BCUT2D eigenvalue weighted by molar-refractivity contribution is 5.79. The molecule has 2 rings (SSSR count). The average molecular weight is 219 g/mol. The van der Waals surface area contributed by atoms with E-state index in [9.17, 15) is 4.39 Å². The van der Waals surface area contributed by atoms with Crippen molar-refractivity contribution in [2.24, 2.45) is 16.8 Å². The van der Waals surface area contributed by atoms with Crippen LogP contribution < -0.4 is 0 Å². The number of aliphatic imine (C=N–C) groups is 1. The van der Waals surface area contributed by atoms with Gasteiger partial charge in [0, 0.05) is 19.2 Å². The van der Waals surface area contributed by atoms with Crippen molar-refractivity contribution < 1.29 is 4.39 Å². The van der Waals surface area contributed by atoms with Crippen molar-refractivity contribution in [3.8, 4) is 0 Å². The summed E-state index contributed by atoms with van der Waals surface area (Å²) in [5.74, 6) is 0.969. The first-order valence-electron chi connectivity index (χ1n) is 5.96. The molecule has 0 saturated heterocycles. The van der Waals surface area contributed by atoms with E-state index in [1.165, 1.54) is 5.57 Å². The van der Waals surface area contributed by atoms with E-state index >= 15 is 0 Å². The van der Waals surface area contributed by atoms with Crippen molar-refractivity contribution in [3.63, 3.8) is 0 Å². The largest absolute Gasteiger partial charge is 0.292 e. The Balaban J connectivity index is 1.97. The van der Waals surface area contributed by atoms with Gasteiger partial charge in [0.2, 0.25) is 0 Å². The summed E-state index contributed by atoms with van der Waals surface area (Å²) in [6.45, 7) is 3.08. The van der Waals surface area contributed by atoms with Gasteiger partial charge in [0.05, 0.1) is 5.83 Å². The maximum absolute atomic E-state index is 13.0. The van der Waals surface area contributed by atoms with Gasteiger partial charge in [-0.3, -0.25) is 4.99 Å². The Morgan fingerprint density at radius 1 is 1.50 bits per heavy atom. The molecule has 86 valence electrons. The molecule has 2 heteroatoms. The quantitative estimate of drug-likeness (QED) is 0.626. The van der Waals surface area contributed by atoms with E-state index in [-0.39, 0.29) is 5.83 Å². The van der Waals surface area contributed by atoms with E-state index in [0.717, 1.165) is 19.4 Å². The number of hydrogen-bond acceptors (Lipinski definition) is 1. The normalized spacial score (nSPS) is 29.6. The van der Waals surface area contributed by atoms with Gasteiger partial charge in [-0.2, -0.15) is 0 Å². The van der Waals surface area contributed by atoms with Gasteiger partial charge < -0.3 is 0 Å². The second kappa shape index (κ2) is 5.24. The standard InChI is InChI=1S/C14H18FN/c1-11-7-13(10-16-9-11)8-12-3-2-4-14(15)6-5-12/h2-3,6-7,10-12H,4-5,8-9H2,1H3. The summed E-state index contributed by atoms with van der Waals surface area (Å²) >= 11 is 0. The van der Waals surface area contributed by atoms with Gasteiger partial charge in [-0.1, -0.05) is 31.2 Å². The Kier molecular flexibility index (Phi) is 3.70. The Labute approximate surface area is 96.5 Å². The first-order chi connectivity index (χ1) is 7.74. The minimum Gasteiger partial charge on any atom is -0.292 e. The summed E-state index contributed by atoms with van der Waals surface area (Å²) in [6.07, 6.45) is 12.3. The molecule has 2 aliphatic rings. The fourth-order valence-corrected chi connectivity index (χ4v) is 2.19. The zero-order valence-corrected chi connectivity index (χ0v) is 9.70. The molecule has 0 aromatic carbocycles. The molecule has 0 aromatic heterocycles. The molecule has 2 unspecified atom stereocenters. The monoisotopic (exact) mass is 219 g/mol. The number of dihydropyridines is 1. The molecule has 0 saturated carbocycles. The second-order valence-corrected chi connectivity index (χ2v) is 4.70. The van der Waals surface area contributed by atoms with Crippen LogP contribution in [0.4, 0.5) is 4.39 Å². The number of rotatable bonds is 2. The molecule has 2 atom stereocenters. The van der Waals surface area contributed by atoms with Gasteiger partial charge in [0.15, 0.2) is 0 Å². The molecule has 1 nitrogen and oxygen atoms in total. The molecule has 1 aliphatic carbocycles. The van der Waals surface area contributed by atoms with Gasteiger partial charge in [-0.05, 0) is 30.3 Å². The van der Waals surface area contributed by atoms with Gasteiger partial charge in [0.25, 0.3) is 0 Å². The summed E-state index contributed by atoms with van der Waals surface area (Å²) in [4.78, 5) is 4.34. The third kappa shape index (κ3) is 3.16. The van der Waals surface area contributed by atoms with Crippen LogP contribution in [-0.2, 0) is 0 Å². The number of halogens is 1. The zero-order chi connectivity index (χ0) is 11.4. The van der Waals surface area contributed by atoms with Crippen molar-refractivity contribution in [2.75, 3.05) is 6.54 Å². The lowest BCUT2D eigenvalue weighted by molar-refractivity contribution is 0.602. The maximum Gasteiger partial charge on any atom is 0.0997 e. The summed E-state index contributed by atoms with van der Waals surface area (Å²) in [6, 6.07) is 0. The van der Waals surface area contributed by atoms with E-state index in [4.69, 9.17) is 0 Å². The first-order valence-corrected chi connectivity index (χ1v) is 5.96. The molecular formula is C14H18FN. The van der Waals surface area contributed by atoms with Crippen LogP contribution in [0.5, 0.6) is 0 Å². The van der Waals surface area contributed by atoms with Crippen LogP contribution in [0.25, 0.3) is 0 Å². The van der Waals surface area contributed by atoms with Crippen LogP contribution >= 0.6 is 0 Å². The summed E-state index contributed by atoms with van der Waals surface area (Å²) in [5.41, 5.74) is 1.30. The Morgan fingerprint density at radius 3 is 3.19 bits per heavy atom. The predicted molar refractivity (Wildman–Crippen MR) is 66.3 cm³/mol. The molecule has 0 N–H and O–H groups in total. The van der Waals surface area contributed by atoms with Gasteiger partial charge in [-0.25, -0.2) is 4.39 Å². The molecule has 0 amide bonds. The van der Waals surface area contributed by atoms with Crippen LogP contribution in [0.15, 0.2) is 40.7 Å². The van der Waals surface area contributed by atoms with E-state index in [0.29, 0.717) is 18.3 Å². The fourth-order valence-electron chi connectivity index (χ4n) is 2.19. The number of allylic oxidation sites excluding steroid dienone is 5. The fraction of sp³-hybridized carbons (Fsp3) is 0.500. The molecule has 1 heterocycles. The minimum absolute atomic E-state index is 0.00147. The van der Waals surface area contributed by atoms with Crippen LogP contribution in [0, 0.1) is 11.8 Å². The van der Waals surface area contributed by atoms with Gasteiger partial charge >= 0.3 is 0 Å². The SMILES string of the molecule is CC1C=C(CC2C=CCC(F)=CC2)C=NC1. The van der Waals surface area contributed by atoms with E-state index in [2.05, 4.69) is 24.1 Å². The topological polar surface area (TPSA) is 12.4 Å². The lowest BCUT2D eigenvalue weighted by Gasteiger charge is -2.15. The van der Waals surface area contributed by atoms with E-state index in [1.54, 1.807) is 6.08 Å². The highest BCUT2D eigenvalue weighted by Crippen LogP contribution is 2.24. The summed E-state index contributed by atoms with van der Waals surface area (Å²) in [7, 11) is 0. The molecule has 16 heavy (non-hydrogen) atoms. The first kappa shape index (κ1) is 11.3. The number of hydrogen-bond donors (Lipinski definition) is 0. The van der Waals surface area contributed by atoms with Crippen molar-refractivity contribution in [3.05, 3.63) is 35.7 Å². The molecule has 0 bridgehead atoms. The third-order valence-corrected chi connectivity index (χ3v) is 3.01. The lowest BCUT2D eigenvalue weighted by atomic mass is 9.93. The number of nitrogens with zero attached hydrogens (tertiary/aromatic N) is 1. The highest BCUT2D eigenvalue weighted by atomic mass is 19.1. The zero-order valence-electron chi connectivity index (χ0n) is 9.70. The summed E-state index contributed by atoms with van der Waals surface area (Å²) in [5, 5.41) is 0. The van der Waals surface area contributed by atoms with E-state index < -0.39 is 0 Å². The maximum atomic E-state index is 13.0. The highest BCUT2D eigenvalue weighted by Gasteiger charge is 2.12. The predicted octanol–water partition coefficient (Wildman–Crippen LogP) is 3.84. The third-order valence-electron chi connectivity index (χ3n) is 3.01. The molecule has 0 spiro atoms. The molecule has 0 fully saturated rings. The molecule has 0 radical (unpaired) electrons. The van der Waals surface area contributed by atoms with Crippen LogP contribution in [0.2, 0.25) is 0 Å². The molecule has 0 aromatic rings. The van der Waals surface area contributed by atoms with Crippen LogP contribution in [-0.4, -0.2) is 12.8 Å². The summed E-state index contributed by atoms with van der Waals surface area (Å²) < 4.78 is 13.0.